The summed E-state index contributed by atoms with van der Waals surface area (Å²) in [5, 5.41) is 6.55. The topological polar surface area (TPSA) is 50.4 Å². The quantitative estimate of drug-likeness (QED) is 0.625. The fraction of sp³-hybridized carbons (Fsp3) is 0.944. The Morgan fingerprint density at radius 1 is 1.09 bits per heavy atom. The van der Waals surface area contributed by atoms with Crippen LogP contribution in [0.1, 0.15) is 80.6 Å². The Bertz CT molecular complexity index is 298. The number of carbonyl (C=O) groups excluding carboxylic acids is 1. The first-order valence-corrected chi connectivity index (χ1v) is 8.87. The summed E-state index contributed by atoms with van der Waals surface area (Å²) in [6, 6.07) is 0.791. The molecule has 0 radical (unpaired) electrons. The van der Waals surface area contributed by atoms with Gasteiger partial charge >= 0.3 is 6.09 Å². The molecule has 0 aromatic heterocycles. The Morgan fingerprint density at radius 2 is 1.73 bits per heavy atom. The number of nitrogens with one attached hydrogen (secondary N) is 2. The van der Waals surface area contributed by atoms with Crippen molar-refractivity contribution in [2.75, 3.05) is 6.54 Å². The molecule has 132 valence electrons. The van der Waals surface area contributed by atoms with Gasteiger partial charge in [0.1, 0.15) is 5.60 Å². The predicted molar refractivity (Wildman–Crippen MR) is 94.2 cm³/mol. The molecule has 2 atom stereocenters. The van der Waals surface area contributed by atoms with E-state index in [1.165, 1.54) is 25.7 Å². The summed E-state index contributed by atoms with van der Waals surface area (Å²) in [6.07, 6.45) is 5.50. The van der Waals surface area contributed by atoms with Gasteiger partial charge in [0.15, 0.2) is 0 Å². The highest BCUT2D eigenvalue weighted by Crippen LogP contribution is 2.09. The maximum Gasteiger partial charge on any atom is 0.407 e. The van der Waals surface area contributed by atoms with Crippen LogP contribution in [0.25, 0.3) is 0 Å². The fourth-order valence-corrected chi connectivity index (χ4v) is 2.28. The zero-order valence-corrected chi connectivity index (χ0v) is 15.8. The Balaban J connectivity index is 4.24. The minimum Gasteiger partial charge on any atom is -0.444 e. The Labute approximate surface area is 137 Å². The lowest BCUT2D eigenvalue weighted by Gasteiger charge is -2.25. The molecule has 0 saturated heterocycles. The highest BCUT2D eigenvalue weighted by Gasteiger charge is 2.18. The molecule has 0 saturated carbocycles. The van der Waals surface area contributed by atoms with Gasteiger partial charge in [0, 0.05) is 18.6 Å². The van der Waals surface area contributed by atoms with Crippen molar-refractivity contribution in [1.29, 1.82) is 0 Å². The Kier molecular flexibility index (Phi) is 10.5. The SMILES string of the molecule is CCCCC(CNC(=O)OC(C)(C)C)NC(C)CCC(C)C. The smallest absolute Gasteiger partial charge is 0.407 e. The molecule has 22 heavy (non-hydrogen) atoms. The molecule has 0 rings (SSSR count). The zero-order chi connectivity index (χ0) is 17.2. The first-order chi connectivity index (χ1) is 10.1. The molecule has 0 aliphatic rings. The second-order valence-corrected chi connectivity index (χ2v) is 7.76. The van der Waals surface area contributed by atoms with Gasteiger partial charge in [-0.1, -0.05) is 33.6 Å². The molecule has 0 heterocycles. The second kappa shape index (κ2) is 10.9. The van der Waals surface area contributed by atoms with E-state index in [4.69, 9.17) is 4.74 Å². The third-order valence-corrected chi connectivity index (χ3v) is 3.50. The average Bonchev–Trinajstić information content (AvgIpc) is 2.37. The standard InChI is InChI=1S/C18H38N2O2/c1-8-9-10-16(20-15(4)12-11-14(2)3)13-19-17(21)22-18(5,6)7/h14-16,20H,8-13H2,1-7H3,(H,19,21). The van der Waals surface area contributed by atoms with Gasteiger partial charge in [-0.3, -0.25) is 0 Å². The minimum atomic E-state index is -0.443. The van der Waals surface area contributed by atoms with Crippen molar-refractivity contribution >= 4 is 6.09 Å². The van der Waals surface area contributed by atoms with Crippen LogP contribution in [0.2, 0.25) is 0 Å². The third kappa shape index (κ3) is 12.9. The maximum absolute atomic E-state index is 11.8. The van der Waals surface area contributed by atoms with Crippen molar-refractivity contribution < 1.29 is 9.53 Å². The van der Waals surface area contributed by atoms with Crippen molar-refractivity contribution in [2.24, 2.45) is 5.92 Å². The largest absolute Gasteiger partial charge is 0.444 e. The lowest BCUT2D eigenvalue weighted by molar-refractivity contribution is 0.0520. The lowest BCUT2D eigenvalue weighted by Crippen LogP contribution is -2.45. The molecule has 2 N–H and O–H groups in total. The van der Waals surface area contributed by atoms with Crippen molar-refractivity contribution in [3.63, 3.8) is 0 Å². The van der Waals surface area contributed by atoms with Gasteiger partial charge in [-0.15, -0.1) is 0 Å². The molecule has 0 bridgehead atoms. The van der Waals surface area contributed by atoms with Crippen molar-refractivity contribution in [3.05, 3.63) is 0 Å². The monoisotopic (exact) mass is 314 g/mol. The van der Waals surface area contributed by atoms with Crippen molar-refractivity contribution in [1.82, 2.24) is 10.6 Å². The molecular weight excluding hydrogens is 276 g/mol. The van der Waals surface area contributed by atoms with Crippen LogP contribution in [-0.2, 0) is 4.74 Å². The van der Waals surface area contributed by atoms with Gasteiger partial charge in [-0.2, -0.15) is 0 Å². The highest BCUT2D eigenvalue weighted by atomic mass is 16.6. The number of amides is 1. The summed E-state index contributed by atoms with van der Waals surface area (Å²) >= 11 is 0. The molecule has 0 aliphatic heterocycles. The van der Waals surface area contributed by atoms with Crippen LogP contribution in [0.4, 0.5) is 4.79 Å². The second-order valence-electron chi connectivity index (χ2n) is 7.76. The number of unbranched alkanes of at least 4 members (excludes halogenated alkanes) is 1. The van der Waals surface area contributed by atoms with Crippen LogP contribution in [0.15, 0.2) is 0 Å². The van der Waals surface area contributed by atoms with Crippen LogP contribution < -0.4 is 10.6 Å². The molecule has 0 aromatic carbocycles. The van der Waals surface area contributed by atoms with Gasteiger partial charge in [0.2, 0.25) is 0 Å². The van der Waals surface area contributed by atoms with Gasteiger partial charge in [0.05, 0.1) is 0 Å². The normalized spacial score (nSPS) is 14.7. The molecule has 0 spiro atoms. The summed E-state index contributed by atoms with van der Waals surface area (Å²) in [7, 11) is 0. The van der Waals surface area contributed by atoms with Crippen LogP contribution in [0.5, 0.6) is 0 Å². The molecule has 0 aromatic rings. The van der Waals surface area contributed by atoms with E-state index >= 15 is 0 Å². The van der Waals surface area contributed by atoms with E-state index in [1.807, 2.05) is 20.8 Å². The van der Waals surface area contributed by atoms with Crippen LogP contribution in [-0.4, -0.2) is 30.3 Å². The van der Waals surface area contributed by atoms with Gasteiger partial charge in [0.25, 0.3) is 0 Å². The average molecular weight is 315 g/mol. The Morgan fingerprint density at radius 3 is 2.23 bits per heavy atom. The number of rotatable bonds is 10. The molecule has 1 amide bonds. The van der Waals surface area contributed by atoms with Crippen molar-refractivity contribution in [2.45, 2.75) is 98.3 Å². The van der Waals surface area contributed by atoms with Crippen LogP contribution in [0.3, 0.4) is 0 Å². The first kappa shape index (κ1) is 21.2. The van der Waals surface area contributed by atoms with E-state index in [0.717, 1.165) is 12.3 Å². The summed E-state index contributed by atoms with van der Waals surface area (Å²) in [4.78, 5) is 11.8. The van der Waals surface area contributed by atoms with Crippen LogP contribution in [0, 0.1) is 5.92 Å². The number of carbonyl (C=O) groups is 1. The van der Waals surface area contributed by atoms with E-state index < -0.39 is 5.60 Å². The fourth-order valence-electron chi connectivity index (χ4n) is 2.28. The predicted octanol–water partition coefficient (Wildman–Crippen LogP) is 4.48. The summed E-state index contributed by atoms with van der Waals surface area (Å²) < 4.78 is 5.30. The maximum atomic E-state index is 11.8. The van der Waals surface area contributed by atoms with Gasteiger partial charge < -0.3 is 15.4 Å². The van der Waals surface area contributed by atoms with Gasteiger partial charge in [-0.25, -0.2) is 4.79 Å². The number of hydrogen-bond acceptors (Lipinski definition) is 3. The lowest BCUT2D eigenvalue weighted by atomic mass is 10.0. The van der Waals surface area contributed by atoms with E-state index in [-0.39, 0.29) is 6.09 Å². The summed E-state index contributed by atoms with van der Waals surface area (Å²) in [5.74, 6) is 0.734. The highest BCUT2D eigenvalue weighted by molar-refractivity contribution is 5.67. The molecule has 4 heteroatoms. The molecule has 0 fully saturated rings. The third-order valence-electron chi connectivity index (χ3n) is 3.50. The van der Waals surface area contributed by atoms with Gasteiger partial charge in [-0.05, 0) is 52.9 Å². The molecular formula is C18H38N2O2. The van der Waals surface area contributed by atoms with Crippen LogP contribution >= 0.6 is 0 Å². The molecule has 0 aliphatic carbocycles. The summed E-state index contributed by atoms with van der Waals surface area (Å²) in [6.45, 7) is 15.2. The van der Waals surface area contributed by atoms with Crippen molar-refractivity contribution in [3.8, 4) is 0 Å². The number of hydrogen-bond donors (Lipinski definition) is 2. The molecule has 4 nitrogen and oxygen atoms in total. The number of ether oxygens (including phenoxy) is 1. The van der Waals surface area contributed by atoms with E-state index in [0.29, 0.717) is 18.6 Å². The number of alkyl carbamates (subject to hydrolysis) is 1. The Hall–Kier alpha value is -0.770. The first-order valence-electron chi connectivity index (χ1n) is 8.87. The van der Waals surface area contributed by atoms with E-state index in [1.54, 1.807) is 0 Å². The zero-order valence-electron chi connectivity index (χ0n) is 15.8. The van der Waals surface area contributed by atoms with E-state index in [2.05, 4.69) is 38.3 Å². The minimum absolute atomic E-state index is 0.314. The molecule has 2 unspecified atom stereocenters. The van der Waals surface area contributed by atoms with E-state index in [9.17, 15) is 4.79 Å². The summed E-state index contributed by atoms with van der Waals surface area (Å²) in [5.41, 5.74) is -0.443.